The highest BCUT2D eigenvalue weighted by Crippen LogP contribution is 2.27. The molecule has 2 amide bonds. The number of aryl methyl sites for hydroxylation is 1. The fourth-order valence-electron chi connectivity index (χ4n) is 2.92. The molecule has 0 aromatic heterocycles. The van der Waals surface area contributed by atoms with Crippen molar-refractivity contribution in [3.8, 4) is 5.75 Å². The van der Waals surface area contributed by atoms with Gasteiger partial charge in [-0.05, 0) is 71.1 Å². The third-order valence-corrected chi connectivity index (χ3v) is 6.03. The van der Waals surface area contributed by atoms with Gasteiger partial charge >= 0.3 is 0 Å². The third-order valence-electron chi connectivity index (χ3n) is 4.83. The summed E-state index contributed by atoms with van der Waals surface area (Å²) in [5.41, 5.74) is 1.86. The first-order valence-electron chi connectivity index (χ1n) is 10.2. The standard InChI is InChI=1S/C23H27BrCl2N2O3/c1-4-10-27-23(30)15(3)28(13-17-7-8-18(25)12-20(17)26)22(29)14-31-21-9-6-16(5-2)11-19(21)24/h6-9,11-12,15H,4-5,10,13-14H2,1-3H3,(H,27,30)/t15-/m0/s1. The Morgan fingerprint density at radius 3 is 2.52 bits per heavy atom. The number of hydrogen-bond acceptors (Lipinski definition) is 3. The summed E-state index contributed by atoms with van der Waals surface area (Å²) in [4.78, 5) is 27.1. The fraction of sp³-hybridized carbons (Fsp3) is 0.391. The predicted octanol–water partition coefficient (Wildman–Crippen LogP) is 5.64. The normalized spacial score (nSPS) is 11.7. The zero-order chi connectivity index (χ0) is 23.0. The van der Waals surface area contributed by atoms with Crippen molar-refractivity contribution in [3.05, 3.63) is 62.0 Å². The van der Waals surface area contributed by atoms with Crippen LogP contribution < -0.4 is 10.1 Å². The molecule has 2 aromatic carbocycles. The minimum absolute atomic E-state index is 0.162. The molecule has 0 heterocycles. The molecular weight excluding hydrogens is 503 g/mol. The van der Waals surface area contributed by atoms with Crippen LogP contribution in [0.3, 0.4) is 0 Å². The van der Waals surface area contributed by atoms with E-state index in [2.05, 4.69) is 28.2 Å². The maximum absolute atomic E-state index is 13.1. The molecule has 0 aliphatic rings. The van der Waals surface area contributed by atoms with E-state index in [4.69, 9.17) is 27.9 Å². The minimum atomic E-state index is -0.694. The van der Waals surface area contributed by atoms with Gasteiger partial charge in [0, 0.05) is 23.1 Å². The highest BCUT2D eigenvalue weighted by atomic mass is 79.9. The molecule has 168 valence electrons. The maximum Gasteiger partial charge on any atom is 0.261 e. The van der Waals surface area contributed by atoms with Gasteiger partial charge in [0.05, 0.1) is 4.47 Å². The Labute approximate surface area is 202 Å². The zero-order valence-corrected chi connectivity index (χ0v) is 21.0. The summed E-state index contributed by atoms with van der Waals surface area (Å²) in [6.45, 7) is 6.22. The molecule has 1 atom stereocenters. The molecule has 0 spiro atoms. The number of halogens is 3. The Hall–Kier alpha value is -1.76. The van der Waals surface area contributed by atoms with Crippen LogP contribution in [0, 0.1) is 0 Å². The van der Waals surface area contributed by atoms with Crippen molar-refractivity contribution >= 4 is 50.9 Å². The average Bonchev–Trinajstić information content (AvgIpc) is 2.75. The van der Waals surface area contributed by atoms with Gasteiger partial charge in [0.2, 0.25) is 5.91 Å². The fourth-order valence-corrected chi connectivity index (χ4v) is 3.92. The van der Waals surface area contributed by atoms with Gasteiger partial charge in [-0.1, -0.05) is 49.2 Å². The van der Waals surface area contributed by atoms with E-state index in [1.807, 2.05) is 25.1 Å². The molecule has 5 nitrogen and oxygen atoms in total. The second-order valence-corrected chi connectivity index (χ2v) is 8.83. The van der Waals surface area contributed by atoms with Gasteiger partial charge in [-0.2, -0.15) is 0 Å². The number of carbonyl (C=O) groups is 2. The van der Waals surface area contributed by atoms with Crippen LogP contribution >= 0.6 is 39.1 Å². The van der Waals surface area contributed by atoms with Crippen molar-refractivity contribution in [1.82, 2.24) is 10.2 Å². The summed E-state index contributed by atoms with van der Waals surface area (Å²) in [6.07, 6.45) is 1.71. The van der Waals surface area contributed by atoms with E-state index in [9.17, 15) is 9.59 Å². The summed E-state index contributed by atoms with van der Waals surface area (Å²) in [6, 6.07) is 10.1. The van der Waals surface area contributed by atoms with E-state index in [0.717, 1.165) is 22.9 Å². The van der Waals surface area contributed by atoms with Crippen molar-refractivity contribution in [3.63, 3.8) is 0 Å². The number of benzene rings is 2. The topological polar surface area (TPSA) is 58.6 Å². The van der Waals surface area contributed by atoms with Crippen LogP contribution in [0.25, 0.3) is 0 Å². The molecule has 0 unspecified atom stereocenters. The molecule has 0 saturated heterocycles. The molecule has 1 N–H and O–H groups in total. The first kappa shape index (κ1) is 25.5. The van der Waals surface area contributed by atoms with E-state index >= 15 is 0 Å². The van der Waals surface area contributed by atoms with Crippen molar-refractivity contribution in [2.45, 2.75) is 46.2 Å². The SMILES string of the molecule is CCCNC(=O)[C@H](C)N(Cc1ccc(Cl)cc1Cl)C(=O)COc1ccc(CC)cc1Br. The van der Waals surface area contributed by atoms with E-state index in [1.165, 1.54) is 4.90 Å². The highest BCUT2D eigenvalue weighted by molar-refractivity contribution is 9.10. The molecule has 0 bridgehead atoms. The molecule has 0 aliphatic carbocycles. The summed E-state index contributed by atoms with van der Waals surface area (Å²) in [5.74, 6) is 0.0171. The van der Waals surface area contributed by atoms with Crippen molar-refractivity contribution in [1.29, 1.82) is 0 Å². The molecule has 31 heavy (non-hydrogen) atoms. The number of carbonyl (C=O) groups excluding carboxylic acids is 2. The molecule has 0 fully saturated rings. The second-order valence-electron chi connectivity index (χ2n) is 7.13. The van der Waals surface area contributed by atoms with Crippen LogP contribution in [0.1, 0.15) is 38.3 Å². The average molecular weight is 530 g/mol. The van der Waals surface area contributed by atoms with Crippen molar-refractivity contribution in [2.24, 2.45) is 0 Å². The van der Waals surface area contributed by atoms with Crippen molar-refractivity contribution in [2.75, 3.05) is 13.2 Å². The Bertz CT molecular complexity index is 924. The smallest absolute Gasteiger partial charge is 0.261 e. The number of amides is 2. The van der Waals surface area contributed by atoms with Gasteiger partial charge in [-0.15, -0.1) is 0 Å². The van der Waals surface area contributed by atoms with Gasteiger partial charge in [-0.3, -0.25) is 9.59 Å². The van der Waals surface area contributed by atoms with Gasteiger partial charge in [0.15, 0.2) is 6.61 Å². The number of ether oxygens (including phenoxy) is 1. The Morgan fingerprint density at radius 1 is 1.16 bits per heavy atom. The molecule has 2 aromatic rings. The lowest BCUT2D eigenvalue weighted by molar-refractivity contribution is -0.142. The largest absolute Gasteiger partial charge is 0.483 e. The molecule has 0 saturated carbocycles. The second kappa shape index (κ2) is 12.3. The third kappa shape index (κ3) is 7.41. The highest BCUT2D eigenvalue weighted by Gasteiger charge is 2.27. The van der Waals surface area contributed by atoms with Gasteiger partial charge in [0.25, 0.3) is 5.91 Å². The Kier molecular flexibility index (Phi) is 10.1. The van der Waals surface area contributed by atoms with Gasteiger partial charge < -0.3 is 15.0 Å². The molecular formula is C23H27BrCl2N2O3. The predicted molar refractivity (Wildman–Crippen MR) is 129 cm³/mol. The number of rotatable bonds is 10. The quantitative estimate of drug-likeness (QED) is 0.433. The van der Waals surface area contributed by atoms with Crippen LogP contribution in [0.4, 0.5) is 0 Å². The summed E-state index contributed by atoms with van der Waals surface area (Å²) in [7, 11) is 0. The maximum atomic E-state index is 13.1. The van der Waals surface area contributed by atoms with Crippen LogP contribution in [-0.4, -0.2) is 35.9 Å². The van der Waals surface area contributed by atoms with Gasteiger partial charge in [-0.25, -0.2) is 0 Å². The first-order valence-corrected chi connectivity index (χ1v) is 11.7. The Morgan fingerprint density at radius 2 is 1.90 bits per heavy atom. The molecule has 8 heteroatoms. The number of nitrogens with one attached hydrogen (secondary N) is 1. The summed E-state index contributed by atoms with van der Waals surface area (Å²) >= 11 is 15.8. The lowest BCUT2D eigenvalue weighted by atomic mass is 10.1. The minimum Gasteiger partial charge on any atom is -0.483 e. The summed E-state index contributed by atoms with van der Waals surface area (Å²) < 4.78 is 6.53. The molecule has 0 aliphatic heterocycles. The monoisotopic (exact) mass is 528 g/mol. The van der Waals surface area contributed by atoms with Crippen molar-refractivity contribution < 1.29 is 14.3 Å². The number of hydrogen-bond donors (Lipinski definition) is 1. The molecule has 0 radical (unpaired) electrons. The number of nitrogens with zero attached hydrogens (tertiary/aromatic N) is 1. The van der Waals surface area contributed by atoms with E-state index in [-0.39, 0.29) is 25.0 Å². The lowest BCUT2D eigenvalue weighted by Crippen LogP contribution is -2.49. The lowest BCUT2D eigenvalue weighted by Gasteiger charge is -2.29. The Balaban J connectivity index is 2.19. The molecule has 2 rings (SSSR count). The van der Waals surface area contributed by atoms with Gasteiger partial charge in [0.1, 0.15) is 11.8 Å². The first-order chi connectivity index (χ1) is 14.8. The van der Waals surface area contributed by atoms with E-state index in [0.29, 0.717) is 27.9 Å². The van der Waals surface area contributed by atoms with Crippen LogP contribution in [0.15, 0.2) is 40.9 Å². The zero-order valence-electron chi connectivity index (χ0n) is 17.9. The van der Waals surface area contributed by atoms with E-state index < -0.39 is 6.04 Å². The summed E-state index contributed by atoms with van der Waals surface area (Å²) in [5, 5.41) is 3.78. The van der Waals surface area contributed by atoms with E-state index in [1.54, 1.807) is 25.1 Å². The van der Waals surface area contributed by atoms with Crippen LogP contribution in [-0.2, 0) is 22.6 Å². The van der Waals surface area contributed by atoms with Crippen LogP contribution in [0.2, 0.25) is 10.0 Å². The van der Waals surface area contributed by atoms with Crippen LogP contribution in [0.5, 0.6) is 5.75 Å².